The SMILES string of the molecule is O=C(Nc1ccccn1)c1cnn2ccc(-c3ccccc3OC(F)(F)F)nc12. The Bertz CT molecular complexity index is 1180. The second kappa shape index (κ2) is 7.23. The highest BCUT2D eigenvalue weighted by molar-refractivity contribution is 6.07. The van der Waals surface area contributed by atoms with Crippen LogP contribution < -0.4 is 10.1 Å². The van der Waals surface area contributed by atoms with Gasteiger partial charge in [0.1, 0.15) is 17.1 Å². The number of amides is 1. The van der Waals surface area contributed by atoms with Crippen LogP contribution in [0.15, 0.2) is 67.1 Å². The lowest BCUT2D eigenvalue weighted by Crippen LogP contribution is -2.17. The van der Waals surface area contributed by atoms with Gasteiger partial charge in [-0.2, -0.15) is 5.10 Å². The Kier molecular flexibility index (Phi) is 4.59. The number of carbonyl (C=O) groups excluding carboxylic acids is 1. The third-order valence-electron chi connectivity index (χ3n) is 3.91. The van der Waals surface area contributed by atoms with Crippen molar-refractivity contribution < 1.29 is 22.7 Å². The summed E-state index contributed by atoms with van der Waals surface area (Å²) < 4.78 is 43.5. The van der Waals surface area contributed by atoms with Gasteiger partial charge in [-0.25, -0.2) is 14.5 Å². The molecule has 0 spiro atoms. The molecule has 3 aromatic heterocycles. The maximum absolute atomic E-state index is 12.7. The van der Waals surface area contributed by atoms with Crippen molar-refractivity contribution in [3.8, 4) is 17.0 Å². The number of pyridine rings is 1. The molecule has 0 aliphatic heterocycles. The Morgan fingerprint density at radius 3 is 2.62 bits per heavy atom. The van der Waals surface area contributed by atoms with E-state index in [1.54, 1.807) is 24.3 Å². The van der Waals surface area contributed by atoms with Crippen LogP contribution in [0.25, 0.3) is 16.9 Å². The van der Waals surface area contributed by atoms with E-state index in [1.807, 2.05) is 0 Å². The van der Waals surface area contributed by atoms with Crippen LogP contribution in [0.3, 0.4) is 0 Å². The number of aromatic nitrogens is 4. The van der Waals surface area contributed by atoms with E-state index in [1.165, 1.54) is 47.4 Å². The van der Waals surface area contributed by atoms with E-state index in [0.29, 0.717) is 5.82 Å². The molecule has 4 aromatic rings. The molecule has 0 atom stereocenters. The minimum absolute atomic E-state index is 0.129. The van der Waals surface area contributed by atoms with Crippen molar-refractivity contribution in [1.29, 1.82) is 0 Å². The van der Waals surface area contributed by atoms with Crippen LogP contribution >= 0.6 is 0 Å². The van der Waals surface area contributed by atoms with Gasteiger partial charge in [0, 0.05) is 18.0 Å². The van der Waals surface area contributed by atoms with Gasteiger partial charge >= 0.3 is 6.36 Å². The molecule has 1 aromatic carbocycles. The molecule has 7 nitrogen and oxygen atoms in total. The molecule has 0 bridgehead atoms. The van der Waals surface area contributed by atoms with Crippen LogP contribution in [-0.4, -0.2) is 31.9 Å². The van der Waals surface area contributed by atoms with Crippen LogP contribution in [0.5, 0.6) is 5.75 Å². The Hall–Kier alpha value is -3.95. The topological polar surface area (TPSA) is 81.4 Å². The van der Waals surface area contributed by atoms with E-state index in [-0.39, 0.29) is 22.5 Å². The van der Waals surface area contributed by atoms with Gasteiger partial charge in [0.2, 0.25) is 0 Å². The Morgan fingerprint density at radius 2 is 1.86 bits per heavy atom. The van der Waals surface area contributed by atoms with Gasteiger partial charge in [0.25, 0.3) is 5.91 Å². The zero-order chi connectivity index (χ0) is 20.4. The van der Waals surface area contributed by atoms with Crippen LogP contribution in [0.4, 0.5) is 19.0 Å². The Labute approximate surface area is 161 Å². The van der Waals surface area contributed by atoms with Gasteiger partial charge in [0.05, 0.1) is 11.9 Å². The monoisotopic (exact) mass is 399 g/mol. The summed E-state index contributed by atoms with van der Waals surface area (Å²) in [6, 6.07) is 12.2. The van der Waals surface area contributed by atoms with Gasteiger partial charge in [-0.15, -0.1) is 13.2 Å². The molecule has 0 fully saturated rings. The fraction of sp³-hybridized carbons (Fsp3) is 0.0526. The number of alkyl halides is 3. The number of nitrogens with one attached hydrogen (secondary N) is 1. The molecule has 10 heteroatoms. The lowest BCUT2D eigenvalue weighted by molar-refractivity contribution is -0.274. The van der Waals surface area contributed by atoms with E-state index in [4.69, 9.17) is 0 Å². The first-order valence-corrected chi connectivity index (χ1v) is 8.33. The van der Waals surface area contributed by atoms with Crippen molar-refractivity contribution >= 4 is 17.4 Å². The van der Waals surface area contributed by atoms with Gasteiger partial charge in [-0.05, 0) is 30.3 Å². The molecule has 0 saturated heterocycles. The smallest absolute Gasteiger partial charge is 0.405 e. The molecular formula is C19H12F3N5O2. The summed E-state index contributed by atoms with van der Waals surface area (Å²) >= 11 is 0. The van der Waals surface area contributed by atoms with Crippen molar-refractivity contribution in [2.24, 2.45) is 0 Å². The highest BCUT2D eigenvalue weighted by atomic mass is 19.4. The van der Waals surface area contributed by atoms with Crippen molar-refractivity contribution in [2.45, 2.75) is 6.36 Å². The molecule has 0 aliphatic rings. The van der Waals surface area contributed by atoms with Crippen LogP contribution in [0.1, 0.15) is 10.4 Å². The number of nitrogens with zero attached hydrogens (tertiary/aromatic N) is 4. The highest BCUT2D eigenvalue weighted by Gasteiger charge is 2.32. The van der Waals surface area contributed by atoms with Gasteiger partial charge in [-0.1, -0.05) is 18.2 Å². The number of fused-ring (bicyclic) bond motifs is 1. The summed E-state index contributed by atoms with van der Waals surface area (Å²) in [6.07, 6.45) is -0.494. The second-order valence-electron chi connectivity index (χ2n) is 5.85. The predicted octanol–water partition coefficient (Wildman–Crippen LogP) is 3.94. The maximum Gasteiger partial charge on any atom is 0.573 e. The number of hydrogen-bond acceptors (Lipinski definition) is 5. The number of carbonyl (C=O) groups is 1. The minimum Gasteiger partial charge on any atom is -0.405 e. The molecule has 0 saturated carbocycles. The summed E-state index contributed by atoms with van der Waals surface area (Å²) in [5, 5.41) is 6.68. The van der Waals surface area contributed by atoms with E-state index in [2.05, 4.69) is 25.1 Å². The summed E-state index contributed by atoms with van der Waals surface area (Å²) in [5.74, 6) is -0.545. The molecule has 0 radical (unpaired) electrons. The normalized spacial score (nSPS) is 11.4. The van der Waals surface area contributed by atoms with Crippen LogP contribution in [0.2, 0.25) is 0 Å². The first-order chi connectivity index (χ1) is 13.9. The van der Waals surface area contributed by atoms with Crippen LogP contribution in [-0.2, 0) is 0 Å². The average Bonchev–Trinajstić information content (AvgIpc) is 3.11. The van der Waals surface area contributed by atoms with Crippen molar-refractivity contribution in [3.63, 3.8) is 0 Å². The molecule has 1 N–H and O–H groups in total. The summed E-state index contributed by atoms with van der Waals surface area (Å²) in [6.45, 7) is 0. The quantitative estimate of drug-likeness (QED) is 0.562. The zero-order valence-corrected chi connectivity index (χ0v) is 14.6. The third-order valence-corrected chi connectivity index (χ3v) is 3.91. The van der Waals surface area contributed by atoms with Crippen molar-refractivity contribution in [3.05, 3.63) is 72.7 Å². The zero-order valence-electron chi connectivity index (χ0n) is 14.6. The van der Waals surface area contributed by atoms with E-state index in [0.717, 1.165) is 0 Å². The summed E-state index contributed by atoms with van der Waals surface area (Å²) in [5.41, 5.74) is 0.652. The molecule has 146 valence electrons. The lowest BCUT2D eigenvalue weighted by Gasteiger charge is -2.13. The molecule has 3 heterocycles. The van der Waals surface area contributed by atoms with Crippen molar-refractivity contribution in [2.75, 3.05) is 5.32 Å². The summed E-state index contributed by atoms with van der Waals surface area (Å²) in [4.78, 5) is 20.9. The Balaban J connectivity index is 1.72. The summed E-state index contributed by atoms with van der Waals surface area (Å²) in [7, 11) is 0. The van der Waals surface area contributed by atoms with E-state index >= 15 is 0 Å². The first kappa shape index (κ1) is 18.4. The fourth-order valence-corrected chi connectivity index (χ4v) is 2.69. The number of anilines is 1. The molecule has 1 amide bonds. The average molecular weight is 399 g/mol. The standard InChI is InChI=1S/C19H12F3N5O2/c20-19(21,22)29-15-6-2-1-5-12(15)14-8-10-27-17(25-14)13(11-24-27)18(28)26-16-7-3-4-9-23-16/h1-11H,(H,23,26,28). The number of rotatable bonds is 4. The van der Waals surface area contributed by atoms with Gasteiger partial charge in [0.15, 0.2) is 5.65 Å². The van der Waals surface area contributed by atoms with Crippen molar-refractivity contribution in [1.82, 2.24) is 19.6 Å². The third kappa shape index (κ3) is 4.00. The largest absolute Gasteiger partial charge is 0.573 e. The maximum atomic E-state index is 12.7. The second-order valence-corrected chi connectivity index (χ2v) is 5.85. The minimum atomic E-state index is -4.84. The van der Waals surface area contributed by atoms with Gasteiger partial charge in [-0.3, -0.25) is 4.79 Å². The van der Waals surface area contributed by atoms with Crippen LogP contribution in [0, 0.1) is 0 Å². The molecule has 0 unspecified atom stereocenters. The van der Waals surface area contributed by atoms with E-state index in [9.17, 15) is 18.0 Å². The highest BCUT2D eigenvalue weighted by Crippen LogP contribution is 2.33. The number of hydrogen-bond donors (Lipinski definition) is 1. The lowest BCUT2D eigenvalue weighted by atomic mass is 10.1. The number of ether oxygens (including phenoxy) is 1. The predicted molar refractivity (Wildman–Crippen MR) is 97.3 cm³/mol. The molecule has 4 rings (SSSR count). The van der Waals surface area contributed by atoms with Gasteiger partial charge < -0.3 is 10.1 Å². The number of para-hydroxylation sites is 1. The number of benzene rings is 1. The van der Waals surface area contributed by atoms with E-state index < -0.39 is 18.0 Å². The molecular weight excluding hydrogens is 387 g/mol. The Morgan fingerprint density at radius 1 is 1.07 bits per heavy atom. The fourth-order valence-electron chi connectivity index (χ4n) is 2.69. The molecule has 29 heavy (non-hydrogen) atoms. The molecule has 0 aliphatic carbocycles. The number of halogens is 3. The first-order valence-electron chi connectivity index (χ1n) is 8.33.